The average Bonchev–Trinajstić information content (AvgIpc) is 2.58. The second-order valence-corrected chi connectivity index (χ2v) is 4.27. The van der Waals surface area contributed by atoms with Gasteiger partial charge in [-0.05, 0) is 33.2 Å². The predicted octanol–water partition coefficient (Wildman–Crippen LogP) is 2.30. The molecule has 0 amide bonds. The highest BCUT2D eigenvalue weighted by Gasteiger charge is 2.10. The van der Waals surface area contributed by atoms with Gasteiger partial charge in [0.2, 0.25) is 0 Å². The number of nitrogens with zero attached hydrogens (tertiary/aromatic N) is 3. The summed E-state index contributed by atoms with van der Waals surface area (Å²) in [6.45, 7) is 9.08. The maximum Gasteiger partial charge on any atom is 0.0641 e. The fourth-order valence-electron chi connectivity index (χ4n) is 1.92. The first-order valence-corrected chi connectivity index (χ1v) is 6.31. The second-order valence-electron chi connectivity index (χ2n) is 4.27. The molecule has 4 heteroatoms. The minimum Gasteiger partial charge on any atom is -0.313 e. The van der Waals surface area contributed by atoms with Crippen LogP contribution in [-0.4, -0.2) is 16.3 Å². The molecule has 0 fully saturated rings. The van der Waals surface area contributed by atoms with E-state index in [1.807, 2.05) is 0 Å². The van der Waals surface area contributed by atoms with E-state index in [1.54, 1.807) is 0 Å². The molecule has 1 aromatic heterocycles. The van der Waals surface area contributed by atoms with E-state index < -0.39 is 0 Å². The average molecular weight is 234 g/mol. The molecule has 0 unspecified atom stereocenters. The molecule has 4 nitrogen and oxygen atoms in total. The normalized spacial score (nSPS) is 10.5. The van der Waals surface area contributed by atoms with Crippen LogP contribution in [0.15, 0.2) is 0 Å². The molecular weight excluding hydrogens is 212 g/mol. The third-order valence-corrected chi connectivity index (χ3v) is 2.99. The second kappa shape index (κ2) is 7.08. The molecular formula is C13H22N4. The van der Waals surface area contributed by atoms with Gasteiger partial charge < -0.3 is 5.32 Å². The summed E-state index contributed by atoms with van der Waals surface area (Å²) in [5.74, 6) is 0. The van der Waals surface area contributed by atoms with E-state index in [0.717, 1.165) is 38.2 Å². The van der Waals surface area contributed by atoms with Crippen LogP contribution in [0.1, 0.15) is 43.1 Å². The summed E-state index contributed by atoms with van der Waals surface area (Å²) < 4.78 is 2.07. The molecule has 0 aromatic carbocycles. The fraction of sp³-hybridized carbons (Fsp3) is 0.692. The summed E-state index contributed by atoms with van der Waals surface area (Å²) in [6, 6.07) is 2.17. The van der Waals surface area contributed by atoms with Crippen molar-refractivity contribution in [1.82, 2.24) is 15.1 Å². The lowest BCUT2D eigenvalue weighted by Gasteiger charge is -2.05. The van der Waals surface area contributed by atoms with Crippen molar-refractivity contribution in [2.45, 2.75) is 53.1 Å². The Morgan fingerprint density at radius 2 is 2.12 bits per heavy atom. The van der Waals surface area contributed by atoms with Crippen LogP contribution in [0, 0.1) is 25.2 Å². The van der Waals surface area contributed by atoms with E-state index >= 15 is 0 Å². The van der Waals surface area contributed by atoms with E-state index in [9.17, 15) is 0 Å². The quantitative estimate of drug-likeness (QED) is 0.736. The van der Waals surface area contributed by atoms with Crippen molar-refractivity contribution in [3.63, 3.8) is 0 Å². The van der Waals surface area contributed by atoms with Crippen LogP contribution in [0.5, 0.6) is 0 Å². The van der Waals surface area contributed by atoms with Gasteiger partial charge in [0.25, 0.3) is 0 Å². The molecule has 0 bridgehead atoms. The number of nitriles is 1. The zero-order valence-electron chi connectivity index (χ0n) is 11.1. The van der Waals surface area contributed by atoms with Gasteiger partial charge in [-0.1, -0.05) is 6.92 Å². The summed E-state index contributed by atoms with van der Waals surface area (Å²) in [5.41, 5.74) is 3.68. The van der Waals surface area contributed by atoms with Crippen molar-refractivity contribution >= 4 is 0 Å². The van der Waals surface area contributed by atoms with E-state index in [-0.39, 0.29) is 0 Å². The molecule has 1 rings (SSSR count). The van der Waals surface area contributed by atoms with Crippen LogP contribution in [0.4, 0.5) is 0 Å². The molecule has 0 aliphatic carbocycles. The van der Waals surface area contributed by atoms with Gasteiger partial charge in [0.05, 0.1) is 11.8 Å². The Hall–Kier alpha value is -1.34. The summed E-state index contributed by atoms with van der Waals surface area (Å²) in [5, 5.41) is 16.4. The Kier molecular flexibility index (Phi) is 5.71. The first kappa shape index (κ1) is 13.7. The SMILES string of the molecule is CCNCc1c(C)nn(CCCCC#N)c1C. The molecule has 1 N–H and O–H groups in total. The van der Waals surface area contributed by atoms with Crippen molar-refractivity contribution in [2.75, 3.05) is 6.54 Å². The predicted molar refractivity (Wildman–Crippen MR) is 68.5 cm³/mol. The standard InChI is InChI=1S/C13H22N4/c1-4-15-10-13-11(2)16-17(12(13)3)9-7-5-6-8-14/h15H,4-7,9-10H2,1-3H3. The van der Waals surface area contributed by atoms with E-state index in [1.165, 1.54) is 11.3 Å². The Morgan fingerprint density at radius 1 is 1.35 bits per heavy atom. The molecule has 0 saturated heterocycles. The highest BCUT2D eigenvalue weighted by Crippen LogP contribution is 2.13. The summed E-state index contributed by atoms with van der Waals surface area (Å²) in [4.78, 5) is 0. The zero-order valence-corrected chi connectivity index (χ0v) is 11.1. The first-order chi connectivity index (χ1) is 8.20. The van der Waals surface area contributed by atoms with Crippen LogP contribution in [0.25, 0.3) is 0 Å². The maximum absolute atomic E-state index is 8.48. The van der Waals surface area contributed by atoms with Gasteiger partial charge in [-0.25, -0.2) is 0 Å². The third kappa shape index (κ3) is 3.86. The number of unbranched alkanes of at least 4 members (excludes halogenated alkanes) is 2. The van der Waals surface area contributed by atoms with Crippen LogP contribution in [-0.2, 0) is 13.1 Å². The summed E-state index contributed by atoms with van der Waals surface area (Å²) >= 11 is 0. The molecule has 1 heterocycles. The lowest BCUT2D eigenvalue weighted by Crippen LogP contribution is -2.13. The number of aromatic nitrogens is 2. The topological polar surface area (TPSA) is 53.6 Å². The van der Waals surface area contributed by atoms with Gasteiger partial charge in [-0.2, -0.15) is 10.4 Å². The van der Waals surface area contributed by atoms with Gasteiger partial charge in [0.1, 0.15) is 0 Å². The van der Waals surface area contributed by atoms with Gasteiger partial charge in [-0.3, -0.25) is 4.68 Å². The fourth-order valence-corrected chi connectivity index (χ4v) is 1.92. The zero-order chi connectivity index (χ0) is 12.7. The van der Waals surface area contributed by atoms with Gasteiger partial charge in [0, 0.05) is 30.8 Å². The molecule has 94 valence electrons. The largest absolute Gasteiger partial charge is 0.313 e. The van der Waals surface area contributed by atoms with Crippen molar-refractivity contribution in [3.05, 3.63) is 17.0 Å². The van der Waals surface area contributed by atoms with Crippen LogP contribution >= 0.6 is 0 Å². The molecule has 0 atom stereocenters. The monoisotopic (exact) mass is 234 g/mol. The van der Waals surface area contributed by atoms with Crippen molar-refractivity contribution < 1.29 is 0 Å². The molecule has 0 aliphatic rings. The Morgan fingerprint density at radius 3 is 2.76 bits per heavy atom. The van der Waals surface area contributed by atoms with Crippen molar-refractivity contribution in [3.8, 4) is 6.07 Å². The molecule has 0 aliphatic heterocycles. The lowest BCUT2D eigenvalue weighted by molar-refractivity contribution is 0.546. The summed E-state index contributed by atoms with van der Waals surface area (Å²) in [6.07, 6.45) is 2.62. The Bertz CT molecular complexity index is 387. The van der Waals surface area contributed by atoms with Crippen molar-refractivity contribution in [1.29, 1.82) is 5.26 Å². The highest BCUT2D eigenvalue weighted by molar-refractivity contribution is 5.24. The smallest absolute Gasteiger partial charge is 0.0641 e. The van der Waals surface area contributed by atoms with E-state index in [0.29, 0.717) is 6.42 Å². The number of aryl methyl sites for hydroxylation is 2. The van der Waals surface area contributed by atoms with Crippen molar-refractivity contribution in [2.24, 2.45) is 0 Å². The minimum atomic E-state index is 0.642. The first-order valence-electron chi connectivity index (χ1n) is 6.31. The van der Waals surface area contributed by atoms with E-state index in [2.05, 4.69) is 41.9 Å². The molecule has 0 saturated carbocycles. The van der Waals surface area contributed by atoms with Gasteiger partial charge in [0.15, 0.2) is 0 Å². The number of hydrogen-bond acceptors (Lipinski definition) is 3. The molecule has 17 heavy (non-hydrogen) atoms. The number of nitrogens with one attached hydrogen (secondary N) is 1. The lowest BCUT2D eigenvalue weighted by atomic mass is 10.2. The maximum atomic E-state index is 8.48. The highest BCUT2D eigenvalue weighted by atomic mass is 15.3. The molecule has 1 aromatic rings. The minimum absolute atomic E-state index is 0.642. The van der Waals surface area contributed by atoms with Gasteiger partial charge >= 0.3 is 0 Å². The Labute approximate surface area is 104 Å². The molecule has 0 spiro atoms. The molecule has 0 radical (unpaired) electrons. The van der Waals surface area contributed by atoms with E-state index in [4.69, 9.17) is 5.26 Å². The summed E-state index contributed by atoms with van der Waals surface area (Å²) in [7, 11) is 0. The number of hydrogen-bond donors (Lipinski definition) is 1. The van der Waals surface area contributed by atoms with Crippen LogP contribution in [0.3, 0.4) is 0 Å². The van der Waals surface area contributed by atoms with Gasteiger partial charge in [-0.15, -0.1) is 0 Å². The Balaban J connectivity index is 2.58. The van der Waals surface area contributed by atoms with Crippen LogP contribution < -0.4 is 5.32 Å². The number of rotatable bonds is 7. The van der Waals surface area contributed by atoms with Crippen LogP contribution in [0.2, 0.25) is 0 Å². The third-order valence-electron chi connectivity index (χ3n) is 2.99.